The Hall–Kier alpha value is -2.54. The lowest BCUT2D eigenvalue weighted by molar-refractivity contribution is -0.123. The van der Waals surface area contributed by atoms with Gasteiger partial charge in [0.15, 0.2) is 6.61 Å². The van der Waals surface area contributed by atoms with Gasteiger partial charge in [-0.3, -0.25) is 4.79 Å². The summed E-state index contributed by atoms with van der Waals surface area (Å²) in [5.41, 5.74) is 4.22. The number of phenols is 2. The van der Waals surface area contributed by atoms with E-state index in [1.165, 1.54) is 18.2 Å². The standard InChI is InChI=1S/C20H23BrN2O4/c1-12(15-10-14(24)6-7-17(15)25)22-23-19(26)11-27-18-8-5-13(9-16(18)21)20(2,3)4/h5-10,24-25H,11H2,1-4H3,(H,23,26)/b22-12-. The van der Waals surface area contributed by atoms with Crippen LogP contribution in [0.25, 0.3) is 0 Å². The molecule has 144 valence electrons. The number of nitrogens with one attached hydrogen (secondary N) is 1. The summed E-state index contributed by atoms with van der Waals surface area (Å²) < 4.78 is 6.30. The molecule has 0 heterocycles. The van der Waals surface area contributed by atoms with E-state index >= 15 is 0 Å². The topological polar surface area (TPSA) is 91.2 Å². The third-order valence-corrected chi connectivity index (χ3v) is 4.49. The number of rotatable bonds is 5. The maximum Gasteiger partial charge on any atom is 0.277 e. The minimum atomic E-state index is -0.444. The van der Waals surface area contributed by atoms with Crippen LogP contribution in [0.2, 0.25) is 0 Å². The molecule has 3 N–H and O–H groups in total. The molecule has 0 saturated carbocycles. The highest BCUT2D eigenvalue weighted by Gasteiger charge is 2.15. The van der Waals surface area contributed by atoms with Crippen molar-refractivity contribution in [3.8, 4) is 17.2 Å². The van der Waals surface area contributed by atoms with E-state index in [0.717, 1.165) is 10.0 Å². The Balaban J connectivity index is 1.97. The third kappa shape index (κ3) is 5.72. The first-order valence-corrected chi connectivity index (χ1v) is 9.15. The van der Waals surface area contributed by atoms with Gasteiger partial charge < -0.3 is 14.9 Å². The molecule has 7 heteroatoms. The van der Waals surface area contributed by atoms with Crippen molar-refractivity contribution < 1.29 is 19.7 Å². The monoisotopic (exact) mass is 434 g/mol. The van der Waals surface area contributed by atoms with Crippen LogP contribution < -0.4 is 10.2 Å². The fourth-order valence-electron chi connectivity index (χ4n) is 2.28. The summed E-state index contributed by atoms with van der Waals surface area (Å²) in [6.07, 6.45) is 0. The molecule has 6 nitrogen and oxygen atoms in total. The zero-order valence-electron chi connectivity index (χ0n) is 15.7. The summed E-state index contributed by atoms with van der Waals surface area (Å²) in [5.74, 6) is 0.0725. The van der Waals surface area contributed by atoms with Crippen LogP contribution >= 0.6 is 15.9 Å². The lowest BCUT2D eigenvalue weighted by atomic mass is 9.87. The van der Waals surface area contributed by atoms with Crippen LogP contribution in [0.3, 0.4) is 0 Å². The summed E-state index contributed by atoms with van der Waals surface area (Å²) in [4.78, 5) is 12.0. The van der Waals surface area contributed by atoms with Gasteiger partial charge in [-0.2, -0.15) is 5.10 Å². The zero-order valence-corrected chi connectivity index (χ0v) is 17.3. The molecule has 2 rings (SSSR count). The van der Waals surface area contributed by atoms with Gasteiger partial charge >= 0.3 is 0 Å². The first kappa shape index (κ1) is 20.8. The van der Waals surface area contributed by atoms with Crippen LogP contribution in [0.1, 0.15) is 38.8 Å². The molecule has 2 aromatic rings. The van der Waals surface area contributed by atoms with Gasteiger partial charge in [0, 0.05) is 5.56 Å². The normalized spacial score (nSPS) is 12.0. The smallest absolute Gasteiger partial charge is 0.277 e. The fraction of sp³-hybridized carbons (Fsp3) is 0.300. The minimum Gasteiger partial charge on any atom is -0.508 e. The van der Waals surface area contributed by atoms with Crippen molar-refractivity contribution in [1.82, 2.24) is 5.43 Å². The minimum absolute atomic E-state index is 0.00411. The number of phenolic OH excluding ortho intramolecular Hbond substituents is 2. The van der Waals surface area contributed by atoms with Gasteiger partial charge in [-0.1, -0.05) is 26.8 Å². The van der Waals surface area contributed by atoms with Crippen LogP contribution in [0.5, 0.6) is 17.2 Å². The van der Waals surface area contributed by atoms with Crippen molar-refractivity contribution in [2.75, 3.05) is 6.61 Å². The van der Waals surface area contributed by atoms with E-state index in [0.29, 0.717) is 17.0 Å². The van der Waals surface area contributed by atoms with E-state index in [9.17, 15) is 15.0 Å². The zero-order chi connectivity index (χ0) is 20.2. The summed E-state index contributed by atoms with van der Waals surface area (Å²) in [6.45, 7) is 7.75. The van der Waals surface area contributed by atoms with E-state index in [-0.39, 0.29) is 23.5 Å². The quantitative estimate of drug-likeness (QED) is 0.375. The Morgan fingerprint density at radius 1 is 1.19 bits per heavy atom. The Labute approximate surface area is 167 Å². The number of nitrogens with zero attached hydrogens (tertiary/aromatic N) is 1. The summed E-state index contributed by atoms with van der Waals surface area (Å²) in [5, 5.41) is 23.2. The first-order valence-electron chi connectivity index (χ1n) is 8.36. The molecule has 27 heavy (non-hydrogen) atoms. The molecule has 0 aromatic heterocycles. The number of ether oxygens (including phenoxy) is 1. The average molecular weight is 435 g/mol. The number of hydrogen-bond acceptors (Lipinski definition) is 5. The SMILES string of the molecule is C/C(=N/NC(=O)COc1ccc(C(C)(C)C)cc1Br)c1cc(O)ccc1O. The maximum atomic E-state index is 12.0. The van der Waals surface area contributed by atoms with Crippen molar-refractivity contribution in [3.63, 3.8) is 0 Å². The number of hydrazone groups is 1. The van der Waals surface area contributed by atoms with Gasteiger partial charge in [-0.15, -0.1) is 0 Å². The second-order valence-corrected chi connectivity index (χ2v) is 7.97. The molecule has 0 fully saturated rings. The molecular formula is C20H23BrN2O4. The van der Waals surface area contributed by atoms with Crippen LogP contribution in [0.4, 0.5) is 0 Å². The molecule has 2 aromatic carbocycles. The molecule has 1 amide bonds. The first-order chi connectivity index (χ1) is 12.6. The van der Waals surface area contributed by atoms with Crippen molar-refractivity contribution in [1.29, 1.82) is 0 Å². The lowest BCUT2D eigenvalue weighted by Gasteiger charge is -2.20. The highest BCUT2D eigenvalue weighted by molar-refractivity contribution is 9.10. The molecule has 0 atom stereocenters. The van der Waals surface area contributed by atoms with E-state index in [4.69, 9.17) is 4.74 Å². The van der Waals surface area contributed by atoms with E-state index in [1.54, 1.807) is 6.92 Å². The van der Waals surface area contributed by atoms with Crippen LogP contribution in [0.15, 0.2) is 46.0 Å². The lowest BCUT2D eigenvalue weighted by Crippen LogP contribution is -2.25. The number of halogens is 1. The van der Waals surface area contributed by atoms with Crippen LogP contribution in [-0.4, -0.2) is 28.4 Å². The molecule has 0 spiro atoms. The second-order valence-electron chi connectivity index (χ2n) is 7.12. The van der Waals surface area contributed by atoms with E-state index in [2.05, 4.69) is 47.2 Å². The summed E-state index contributed by atoms with van der Waals surface area (Å²) in [6, 6.07) is 9.84. The molecule has 0 radical (unpaired) electrons. The molecule has 0 bridgehead atoms. The molecule has 0 saturated heterocycles. The molecule has 0 aliphatic carbocycles. The van der Waals surface area contributed by atoms with Crippen LogP contribution in [-0.2, 0) is 10.2 Å². The molecule has 0 aliphatic heterocycles. The predicted octanol–water partition coefficient (Wildman–Crippen LogP) is 4.08. The van der Waals surface area contributed by atoms with Crippen molar-refractivity contribution in [3.05, 3.63) is 52.0 Å². The predicted molar refractivity (Wildman–Crippen MR) is 108 cm³/mol. The van der Waals surface area contributed by atoms with Gasteiger partial charge in [0.25, 0.3) is 5.91 Å². The third-order valence-electron chi connectivity index (χ3n) is 3.87. The van der Waals surface area contributed by atoms with Crippen molar-refractivity contribution in [2.45, 2.75) is 33.1 Å². The Morgan fingerprint density at radius 2 is 1.89 bits per heavy atom. The molecule has 0 unspecified atom stereocenters. The number of amides is 1. The van der Waals surface area contributed by atoms with Crippen LogP contribution in [0, 0.1) is 0 Å². The number of carbonyl (C=O) groups is 1. The highest BCUT2D eigenvalue weighted by atomic mass is 79.9. The summed E-state index contributed by atoms with van der Waals surface area (Å²) in [7, 11) is 0. The highest BCUT2D eigenvalue weighted by Crippen LogP contribution is 2.31. The van der Waals surface area contributed by atoms with E-state index in [1.807, 2.05) is 18.2 Å². The number of carbonyl (C=O) groups excluding carboxylic acids is 1. The Morgan fingerprint density at radius 3 is 2.52 bits per heavy atom. The molecular weight excluding hydrogens is 412 g/mol. The largest absolute Gasteiger partial charge is 0.508 e. The Bertz CT molecular complexity index is 873. The summed E-state index contributed by atoms with van der Waals surface area (Å²) >= 11 is 3.46. The Kier molecular flexibility index (Phi) is 6.49. The van der Waals surface area contributed by atoms with E-state index < -0.39 is 5.91 Å². The van der Waals surface area contributed by atoms with Gasteiger partial charge in [0.05, 0.1) is 10.2 Å². The van der Waals surface area contributed by atoms with Crippen molar-refractivity contribution >= 4 is 27.5 Å². The maximum absolute atomic E-state index is 12.0. The van der Waals surface area contributed by atoms with Gasteiger partial charge in [0.1, 0.15) is 17.2 Å². The number of hydrogen-bond donors (Lipinski definition) is 3. The second kappa shape index (κ2) is 8.43. The average Bonchev–Trinajstić information content (AvgIpc) is 2.59. The number of benzene rings is 2. The van der Waals surface area contributed by atoms with Gasteiger partial charge in [-0.25, -0.2) is 5.43 Å². The molecule has 0 aliphatic rings. The van der Waals surface area contributed by atoms with Gasteiger partial charge in [-0.05, 0) is 64.2 Å². The number of aromatic hydroxyl groups is 2. The fourth-order valence-corrected chi connectivity index (χ4v) is 2.77. The van der Waals surface area contributed by atoms with Crippen molar-refractivity contribution in [2.24, 2.45) is 5.10 Å². The van der Waals surface area contributed by atoms with Gasteiger partial charge in [0.2, 0.25) is 0 Å².